The summed E-state index contributed by atoms with van der Waals surface area (Å²) in [5, 5.41) is 0. The highest BCUT2D eigenvalue weighted by atomic mass is 79.9. The highest BCUT2D eigenvalue weighted by Crippen LogP contribution is 2.13. The minimum Gasteiger partial charge on any atom is -0.343 e. The molecule has 0 saturated carbocycles. The van der Waals surface area contributed by atoms with E-state index in [0.29, 0.717) is 0 Å². The minimum absolute atomic E-state index is 1.10. The number of rotatable bonds is 1. The van der Waals surface area contributed by atoms with Crippen LogP contribution in [-0.2, 0) is 13.5 Å². The van der Waals surface area contributed by atoms with Gasteiger partial charge in [0.1, 0.15) is 0 Å². The molecule has 2 heteroatoms. The SMILES string of the molecule is CCc1ccc(Br)n1C. The second-order valence-corrected chi connectivity index (χ2v) is 2.87. The van der Waals surface area contributed by atoms with Gasteiger partial charge < -0.3 is 4.57 Å². The van der Waals surface area contributed by atoms with E-state index in [1.54, 1.807) is 0 Å². The first kappa shape index (κ1) is 6.87. The summed E-state index contributed by atoms with van der Waals surface area (Å²) in [4.78, 5) is 0. The van der Waals surface area contributed by atoms with Crippen molar-refractivity contribution in [1.82, 2.24) is 4.57 Å². The maximum Gasteiger partial charge on any atom is 0.0845 e. The van der Waals surface area contributed by atoms with Crippen LogP contribution in [-0.4, -0.2) is 4.57 Å². The summed E-state index contributed by atoms with van der Waals surface area (Å²) in [6.45, 7) is 2.15. The molecule has 0 bridgehead atoms. The van der Waals surface area contributed by atoms with Gasteiger partial charge in [-0.1, -0.05) is 6.92 Å². The van der Waals surface area contributed by atoms with E-state index in [0.717, 1.165) is 11.0 Å². The van der Waals surface area contributed by atoms with Crippen LogP contribution in [0, 0.1) is 0 Å². The van der Waals surface area contributed by atoms with Crippen LogP contribution in [0.1, 0.15) is 12.6 Å². The Labute approximate surface area is 63.8 Å². The van der Waals surface area contributed by atoms with Gasteiger partial charge in [0.2, 0.25) is 0 Å². The Kier molecular flexibility index (Phi) is 1.96. The predicted octanol–water partition coefficient (Wildman–Crippen LogP) is 2.35. The van der Waals surface area contributed by atoms with E-state index in [9.17, 15) is 0 Å². The van der Waals surface area contributed by atoms with Crippen molar-refractivity contribution in [2.75, 3.05) is 0 Å². The zero-order valence-electron chi connectivity index (χ0n) is 5.69. The smallest absolute Gasteiger partial charge is 0.0845 e. The molecule has 0 aliphatic heterocycles. The number of hydrogen-bond donors (Lipinski definition) is 0. The summed E-state index contributed by atoms with van der Waals surface area (Å²) in [5.41, 5.74) is 1.36. The Hall–Kier alpha value is -0.240. The molecule has 0 fully saturated rings. The highest BCUT2D eigenvalue weighted by Gasteiger charge is 1.96. The molecule has 0 aliphatic rings. The molecule has 0 aromatic carbocycles. The summed E-state index contributed by atoms with van der Waals surface area (Å²) in [7, 11) is 2.06. The molecule has 0 atom stereocenters. The number of aryl methyl sites for hydroxylation is 1. The minimum atomic E-state index is 1.10. The molecule has 1 heterocycles. The topological polar surface area (TPSA) is 4.93 Å². The summed E-state index contributed by atoms with van der Waals surface area (Å²) in [6, 6.07) is 4.20. The zero-order valence-corrected chi connectivity index (χ0v) is 7.27. The van der Waals surface area contributed by atoms with E-state index in [2.05, 4.69) is 46.6 Å². The molecular weight excluding hydrogens is 178 g/mol. The van der Waals surface area contributed by atoms with E-state index in [-0.39, 0.29) is 0 Å². The van der Waals surface area contributed by atoms with Crippen molar-refractivity contribution in [2.24, 2.45) is 7.05 Å². The van der Waals surface area contributed by atoms with Crippen LogP contribution in [0.25, 0.3) is 0 Å². The summed E-state index contributed by atoms with van der Waals surface area (Å²) >= 11 is 3.42. The highest BCUT2D eigenvalue weighted by molar-refractivity contribution is 9.10. The Bertz CT molecular complexity index is 203. The van der Waals surface area contributed by atoms with E-state index in [1.807, 2.05) is 0 Å². The Morgan fingerprint density at radius 3 is 2.44 bits per heavy atom. The van der Waals surface area contributed by atoms with Gasteiger partial charge in [-0.25, -0.2) is 0 Å². The molecule has 1 aromatic rings. The van der Waals surface area contributed by atoms with Gasteiger partial charge in [-0.2, -0.15) is 0 Å². The lowest BCUT2D eigenvalue weighted by molar-refractivity contribution is 0.820. The largest absolute Gasteiger partial charge is 0.343 e. The van der Waals surface area contributed by atoms with Crippen LogP contribution in [0.2, 0.25) is 0 Å². The molecule has 0 N–H and O–H groups in total. The lowest BCUT2D eigenvalue weighted by Gasteiger charge is -1.98. The van der Waals surface area contributed by atoms with E-state index in [1.165, 1.54) is 5.69 Å². The fraction of sp³-hybridized carbons (Fsp3) is 0.429. The molecule has 0 spiro atoms. The van der Waals surface area contributed by atoms with Crippen molar-refractivity contribution in [3.8, 4) is 0 Å². The zero-order chi connectivity index (χ0) is 6.85. The number of nitrogens with zero attached hydrogens (tertiary/aromatic N) is 1. The van der Waals surface area contributed by atoms with Crippen LogP contribution < -0.4 is 0 Å². The molecule has 0 radical (unpaired) electrons. The van der Waals surface area contributed by atoms with Crippen LogP contribution in [0.4, 0.5) is 0 Å². The second kappa shape index (κ2) is 2.56. The monoisotopic (exact) mass is 187 g/mol. The van der Waals surface area contributed by atoms with E-state index >= 15 is 0 Å². The number of aromatic nitrogens is 1. The van der Waals surface area contributed by atoms with Gasteiger partial charge in [-0.15, -0.1) is 0 Å². The lowest BCUT2D eigenvalue weighted by atomic mass is 10.3. The normalized spacial score (nSPS) is 10.1. The average molecular weight is 188 g/mol. The molecule has 50 valence electrons. The summed E-state index contributed by atoms with van der Waals surface area (Å²) in [6.07, 6.45) is 1.10. The summed E-state index contributed by atoms with van der Waals surface area (Å²) in [5.74, 6) is 0. The molecule has 1 aromatic heterocycles. The Morgan fingerprint density at radius 2 is 2.22 bits per heavy atom. The first-order valence-corrected chi connectivity index (χ1v) is 3.85. The second-order valence-electron chi connectivity index (χ2n) is 2.06. The van der Waals surface area contributed by atoms with Gasteiger partial charge in [-0.3, -0.25) is 0 Å². The van der Waals surface area contributed by atoms with Crippen molar-refractivity contribution >= 4 is 15.9 Å². The number of halogens is 1. The third-order valence-corrected chi connectivity index (χ3v) is 2.32. The molecule has 0 amide bonds. The van der Waals surface area contributed by atoms with Gasteiger partial charge in [-0.05, 0) is 34.5 Å². The van der Waals surface area contributed by atoms with E-state index < -0.39 is 0 Å². The predicted molar refractivity (Wildman–Crippen MR) is 42.5 cm³/mol. The first-order chi connectivity index (χ1) is 4.25. The summed E-state index contributed by atoms with van der Waals surface area (Å²) < 4.78 is 3.29. The Morgan fingerprint density at radius 1 is 1.56 bits per heavy atom. The van der Waals surface area contributed by atoms with Crippen LogP contribution in [0.15, 0.2) is 16.7 Å². The molecular formula is C7H10BrN. The van der Waals surface area contributed by atoms with Crippen molar-refractivity contribution < 1.29 is 0 Å². The third-order valence-electron chi connectivity index (χ3n) is 1.53. The van der Waals surface area contributed by atoms with Crippen molar-refractivity contribution in [3.63, 3.8) is 0 Å². The lowest BCUT2D eigenvalue weighted by Crippen LogP contribution is -1.93. The molecule has 1 nitrogen and oxygen atoms in total. The molecule has 9 heavy (non-hydrogen) atoms. The quantitative estimate of drug-likeness (QED) is 0.637. The third kappa shape index (κ3) is 1.18. The van der Waals surface area contributed by atoms with Crippen molar-refractivity contribution in [2.45, 2.75) is 13.3 Å². The van der Waals surface area contributed by atoms with Crippen LogP contribution in [0.3, 0.4) is 0 Å². The molecule has 0 aliphatic carbocycles. The van der Waals surface area contributed by atoms with Gasteiger partial charge in [0.25, 0.3) is 0 Å². The Balaban J connectivity index is 3.04. The molecule has 0 unspecified atom stereocenters. The van der Waals surface area contributed by atoms with Crippen molar-refractivity contribution in [3.05, 3.63) is 22.4 Å². The van der Waals surface area contributed by atoms with Gasteiger partial charge in [0, 0.05) is 12.7 Å². The number of hydrogen-bond acceptors (Lipinski definition) is 0. The van der Waals surface area contributed by atoms with Crippen LogP contribution >= 0.6 is 15.9 Å². The van der Waals surface area contributed by atoms with Crippen LogP contribution in [0.5, 0.6) is 0 Å². The molecule has 1 rings (SSSR count). The van der Waals surface area contributed by atoms with Gasteiger partial charge in [0.05, 0.1) is 4.60 Å². The maximum atomic E-state index is 3.42. The van der Waals surface area contributed by atoms with Gasteiger partial charge in [0.15, 0.2) is 0 Å². The standard InChI is InChI=1S/C7H10BrN/c1-3-6-4-5-7(8)9(6)2/h4-5H,3H2,1-2H3. The van der Waals surface area contributed by atoms with Crippen molar-refractivity contribution in [1.29, 1.82) is 0 Å². The fourth-order valence-corrected chi connectivity index (χ4v) is 1.24. The maximum absolute atomic E-state index is 3.42. The van der Waals surface area contributed by atoms with Gasteiger partial charge >= 0.3 is 0 Å². The fourth-order valence-electron chi connectivity index (χ4n) is 0.881. The first-order valence-electron chi connectivity index (χ1n) is 3.05. The average Bonchev–Trinajstić information content (AvgIpc) is 2.15. The van der Waals surface area contributed by atoms with E-state index in [4.69, 9.17) is 0 Å². The molecule has 0 saturated heterocycles.